The molecule has 3 nitrogen and oxygen atoms in total. The molecule has 2 aromatic rings. The summed E-state index contributed by atoms with van der Waals surface area (Å²) in [6.45, 7) is 4.24. The van der Waals surface area contributed by atoms with E-state index >= 15 is 0 Å². The summed E-state index contributed by atoms with van der Waals surface area (Å²) in [4.78, 5) is 0. The third-order valence-electron chi connectivity index (χ3n) is 2.83. The van der Waals surface area contributed by atoms with E-state index in [1.165, 1.54) is 28.2 Å². The van der Waals surface area contributed by atoms with Gasteiger partial charge in [-0.05, 0) is 48.5 Å². The molecule has 0 aliphatic carbocycles. The molecular weight excluding hydrogens is 218 g/mol. The van der Waals surface area contributed by atoms with Crippen molar-refractivity contribution in [1.82, 2.24) is 9.59 Å². The molecule has 2 N–H and O–H groups in total. The average Bonchev–Trinajstić information content (AvgIpc) is 2.76. The number of nitrogens with zero attached hydrogens (tertiary/aromatic N) is 2. The summed E-state index contributed by atoms with van der Waals surface area (Å²) >= 11 is 1.35. The number of nitrogens with two attached hydrogens (primary N) is 1. The van der Waals surface area contributed by atoms with Crippen LogP contribution in [0.5, 0.6) is 0 Å². The maximum atomic E-state index is 6.11. The lowest BCUT2D eigenvalue weighted by Gasteiger charge is -2.13. The zero-order valence-electron chi connectivity index (χ0n) is 9.47. The second kappa shape index (κ2) is 4.72. The Morgan fingerprint density at radius 2 is 2.00 bits per heavy atom. The molecule has 1 aromatic heterocycles. The van der Waals surface area contributed by atoms with Crippen LogP contribution < -0.4 is 5.73 Å². The standard InChI is InChI=1S/C12H15N3S/c1-8-4-3-5-9(2)10(8)6-11(13)12-7-16-15-14-12/h3-5,7,11H,6,13H2,1-2H3. The normalized spacial score (nSPS) is 12.7. The lowest BCUT2D eigenvalue weighted by atomic mass is 9.96. The van der Waals surface area contributed by atoms with Gasteiger partial charge in [0.2, 0.25) is 0 Å². The topological polar surface area (TPSA) is 51.8 Å². The average molecular weight is 233 g/mol. The Labute approximate surface area is 99.5 Å². The molecule has 0 aliphatic heterocycles. The van der Waals surface area contributed by atoms with Gasteiger partial charge in [-0.25, -0.2) is 0 Å². The Morgan fingerprint density at radius 3 is 2.56 bits per heavy atom. The van der Waals surface area contributed by atoms with Crippen LogP contribution >= 0.6 is 11.5 Å². The third kappa shape index (κ3) is 2.28. The van der Waals surface area contributed by atoms with Gasteiger partial charge >= 0.3 is 0 Å². The zero-order chi connectivity index (χ0) is 11.5. The van der Waals surface area contributed by atoms with Crippen molar-refractivity contribution in [2.45, 2.75) is 26.3 Å². The van der Waals surface area contributed by atoms with Gasteiger partial charge in [0.15, 0.2) is 0 Å². The fourth-order valence-electron chi connectivity index (χ4n) is 1.83. The smallest absolute Gasteiger partial charge is 0.0925 e. The summed E-state index contributed by atoms with van der Waals surface area (Å²) < 4.78 is 3.84. The van der Waals surface area contributed by atoms with E-state index in [0.29, 0.717) is 0 Å². The maximum Gasteiger partial charge on any atom is 0.0925 e. The molecule has 4 heteroatoms. The Kier molecular flexibility index (Phi) is 3.31. The van der Waals surface area contributed by atoms with E-state index in [4.69, 9.17) is 5.73 Å². The van der Waals surface area contributed by atoms with Gasteiger partial charge in [-0.3, -0.25) is 0 Å². The molecule has 0 amide bonds. The van der Waals surface area contributed by atoms with Gasteiger partial charge in [0, 0.05) is 5.38 Å². The first-order valence-corrected chi connectivity index (χ1v) is 6.09. The van der Waals surface area contributed by atoms with E-state index in [1.54, 1.807) is 0 Å². The van der Waals surface area contributed by atoms with Crippen molar-refractivity contribution < 1.29 is 0 Å². The molecule has 0 spiro atoms. The van der Waals surface area contributed by atoms with Crippen LogP contribution in [0.15, 0.2) is 23.6 Å². The lowest BCUT2D eigenvalue weighted by molar-refractivity contribution is 0.687. The van der Waals surface area contributed by atoms with Gasteiger partial charge in [-0.15, -0.1) is 5.10 Å². The largest absolute Gasteiger partial charge is 0.322 e. The van der Waals surface area contributed by atoms with Crippen LogP contribution in [-0.4, -0.2) is 9.59 Å². The van der Waals surface area contributed by atoms with Gasteiger partial charge in [-0.2, -0.15) is 0 Å². The molecule has 1 atom stereocenters. The molecule has 0 saturated carbocycles. The van der Waals surface area contributed by atoms with Gasteiger partial charge in [-0.1, -0.05) is 22.7 Å². The molecule has 0 radical (unpaired) electrons. The quantitative estimate of drug-likeness (QED) is 0.885. The monoisotopic (exact) mass is 233 g/mol. The highest BCUT2D eigenvalue weighted by Crippen LogP contribution is 2.20. The van der Waals surface area contributed by atoms with E-state index in [1.807, 2.05) is 5.38 Å². The predicted octanol–water partition coefficient (Wildman–Crippen LogP) is 2.40. The number of aryl methyl sites for hydroxylation is 2. The van der Waals surface area contributed by atoms with Crippen molar-refractivity contribution in [3.8, 4) is 0 Å². The van der Waals surface area contributed by atoms with E-state index in [9.17, 15) is 0 Å². The number of hydrogen-bond donors (Lipinski definition) is 1. The van der Waals surface area contributed by atoms with Crippen LogP contribution in [0.3, 0.4) is 0 Å². The second-order valence-electron chi connectivity index (χ2n) is 4.01. The molecule has 1 unspecified atom stereocenters. The highest BCUT2D eigenvalue weighted by Gasteiger charge is 2.12. The lowest BCUT2D eigenvalue weighted by Crippen LogP contribution is -2.15. The predicted molar refractivity (Wildman–Crippen MR) is 66.5 cm³/mol. The Hall–Kier alpha value is -1.26. The van der Waals surface area contributed by atoms with Crippen molar-refractivity contribution in [2.75, 3.05) is 0 Å². The van der Waals surface area contributed by atoms with E-state index in [0.717, 1.165) is 12.1 Å². The van der Waals surface area contributed by atoms with Crippen LogP contribution in [0.25, 0.3) is 0 Å². The van der Waals surface area contributed by atoms with E-state index in [2.05, 4.69) is 41.6 Å². The molecule has 2 rings (SSSR count). The molecule has 0 fully saturated rings. The molecule has 84 valence electrons. The van der Waals surface area contributed by atoms with Gasteiger partial charge in [0.25, 0.3) is 0 Å². The Bertz CT molecular complexity index is 445. The van der Waals surface area contributed by atoms with Crippen LogP contribution in [0, 0.1) is 13.8 Å². The van der Waals surface area contributed by atoms with Gasteiger partial charge in [0.05, 0.1) is 11.7 Å². The van der Waals surface area contributed by atoms with Crippen molar-refractivity contribution >= 4 is 11.5 Å². The molecule has 16 heavy (non-hydrogen) atoms. The first-order valence-electron chi connectivity index (χ1n) is 5.26. The fraction of sp³-hybridized carbons (Fsp3) is 0.333. The first kappa shape index (κ1) is 11.2. The molecular formula is C12H15N3S. The van der Waals surface area contributed by atoms with Crippen LogP contribution in [0.1, 0.15) is 28.4 Å². The zero-order valence-corrected chi connectivity index (χ0v) is 10.3. The highest BCUT2D eigenvalue weighted by molar-refractivity contribution is 7.03. The van der Waals surface area contributed by atoms with E-state index in [-0.39, 0.29) is 6.04 Å². The minimum atomic E-state index is -0.0569. The minimum Gasteiger partial charge on any atom is -0.322 e. The summed E-state index contributed by atoms with van der Waals surface area (Å²) in [5.74, 6) is 0. The summed E-state index contributed by atoms with van der Waals surface area (Å²) in [6, 6.07) is 6.26. The molecule has 1 aromatic carbocycles. The summed E-state index contributed by atoms with van der Waals surface area (Å²) in [5.41, 5.74) is 10.9. The SMILES string of the molecule is Cc1cccc(C)c1CC(N)c1csnn1. The number of aromatic nitrogens is 2. The van der Waals surface area contributed by atoms with Gasteiger partial charge in [0.1, 0.15) is 0 Å². The van der Waals surface area contributed by atoms with Gasteiger partial charge < -0.3 is 5.73 Å². The minimum absolute atomic E-state index is 0.0569. The summed E-state index contributed by atoms with van der Waals surface area (Å²) in [6.07, 6.45) is 0.823. The van der Waals surface area contributed by atoms with Crippen LogP contribution in [0.4, 0.5) is 0 Å². The maximum absolute atomic E-state index is 6.11. The van der Waals surface area contributed by atoms with E-state index < -0.39 is 0 Å². The number of rotatable bonds is 3. The van der Waals surface area contributed by atoms with Crippen LogP contribution in [0.2, 0.25) is 0 Å². The Balaban J connectivity index is 2.21. The molecule has 0 saturated heterocycles. The van der Waals surface area contributed by atoms with Crippen molar-refractivity contribution in [2.24, 2.45) is 5.73 Å². The van der Waals surface area contributed by atoms with Crippen molar-refractivity contribution in [3.05, 3.63) is 46.0 Å². The molecule has 1 heterocycles. The number of hydrogen-bond acceptors (Lipinski definition) is 4. The van der Waals surface area contributed by atoms with Crippen LogP contribution in [-0.2, 0) is 6.42 Å². The highest BCUT2D eigenvalue weighted by atomic mass is 32.1. The molecule has 0 aliphatic rings. The Morgan fingerprint density at radius 1 is 1.31 bits per heavy atom. The third-order valence-corrected chi connectivity index (χ3v) is 3.35. The fourth-order valence-corrected chi connectivity index (χ4v) is 2.35. The summed E-state index contributed by atoms with van der Waals surface area (Å²) in [7, 11) is 0. The number of benzene rings is 1. The molecule has 0 bridgehead atoms. The summed E-state index contributed by atoms with van der Waals surface area (Å²) in [5, 5.41) is 5.93. The van der Waals surface area contributed by atoms with Crippen molar-refractivity contribution in [3.63, 3.8) is 0 Å². The first-order chi connectivity index (χ1) is 7.68. The second-order valence-corrected chi connectivity index (χ2v) is 4.62. The van der Waals surface area contributed by atoms with Crippen molar-refractivity contribution in [1.29, 1.82) is 0 Å².